The number of carbonyl (C=O) groups is 2. The van der Waals surface area contributed by atoms with Crippen molar-refractivity contribution in [2.24, 2.45) is 0 Å². The van der Waals surface area contributed by atoms with E-state index in [-0.39, 0.29) is 0 Å². The number of methoxy groups -OCH3 is 1. The van der Waals surface area contributed by atoms with E-state index in [1.54, 1.807) is 0 Å². The van der Waals surface area contributed by atoms with E-state index >= 15 is 0 Å². The van der Waals surface area contributed by atoms with Gasteiger partial charge < -0.3 is 10.1 Å². The number of esters is 1. The van der Waals surface area contributed by atoms with Gasteiger partial charge in [0.15, 0.2) is 5.81 Å². The van der Waals surface area contributed by atoms with E-state index < -0.39 is 17.8 Å². The highest BCUT2D eigenvalue weighted by Crippen LogP contribution is 2.04. The average molecular weight is 217 g/mol. The molecule has 1 unspecified atom stereocenters. The van der Waals surface area contributed by atoms with Gasteiger partial charge in [0.05, 0.1) is 7.11 Å². The van der Waals surface area contributed by atoms with Crippen LogP contribution in [0.1, 0.15) is 5.56 Å². The predicted molar refractivity (Wildman–Crippen MR) is 60.2 cm³/mol. The summed E-state index contributed by atoms with van der Waals surface area (Å²) in [6.07, 6.45) is 0.358. The van der Waals surface area contributed by atoms with Crippen LogP contribution in [-0.4, -0.2) is 32.8 Å². The summed E-state index contributed by atoms with van der Waals surface area (Å²) in [6, 6.07) is 8.56. The van der Waals surface area contributed by atoms with Crippen LogP contribution in [-0.2, 0) is 16.0 Å². The molecule has 16 heavy (non-hydrogen) atoms. The lowest BCUT2D eigenvalue weighted by Gasteiger charge is -2.15. The molecule has 0 aromatic heterocycles. The lowest BCUT2D eigenvalue weighted by atomic mass is 10.0. The Bertz CT molecular complexity index is 367. The van der Waals surface area contributed by atoms with Crippen molar-refractivity contribution in [2.45, 2.75) is 12.5 Å². The number of hydrogen-bond donors (Lipinski definition) is 1. The molecule has 0 spiro atoms. The first kappa shape index (κ1) is 12.3. The number of nitrogens with one attached hydrogen (secondary N) is 1. The van der Waals surface area contributed by atoms with Crippen LogP contribution in [0.5, 0.6) is 0 Å². The van der Waals surface area contributed by atoms with Gasteiger partial charge in [0.25, 0.3) is 0 Å². The number of ether oxygens (including phenoxy) is 1. The van der Waals surface area contributed by atoms with Crippen LogP contribution in [0.3, 0.4) is 0 Å². The van der Waals surface area contributed by atoms with Crippen molar-refractivity contribution < 1.29 is 14.3 Å². The largest absolute Gasteiger partial charge is 0.467 e. The molecule has 0 aliphatic carbocycles. The minimum atomic E-state index is -0.745. The van der Waals surface area contributed by atoms with Gasteiger partial charge in [0.1, 0.15) is 6.04 Å². The molecule has 0 heterocycles. The molecule has 1 aromatic carbocycles. The molecule has 4 nitrogen and oxygen atoms in total. The fourth-order valence-electron chi connectivity index (χ4n) is 1.36. The maximum Gasteiger partial charge on any atom is 0.328 e. The van der Waals surface area contributed by atoms with Crippen LogP contribution in [0.25, 0.3) is 0 Å². The minimum absolute atomic E-state index is 0.358. The van der Waals surface area contributed by atoms with Crippen molar-refractivity contribution in [3.8, 4) is 0 Å². The second-order valence-electron chi connectivity index (χ2n) is 3.27. The van der Waals surface area contributed by atoms with Crippen molar-refractivity contribution in [1.82, 2.24) is 5.32 Å². The van der Waals surface area contributed by atoms with E-state index in [0.717, 1.165) is 5.56 Å². The second kappa shape index (κ2) is 5.95. The Morgan fingerprint density at radius 1 is 1.38 bits per heavy atom. The SMILES string of the molecule is [B]C(=O)NC(Cc1ccccc1)C(=O)OC. The van der Waals surface area contributed by atoms with Crippen LogP contribution in [0, 0.1) is 0 Å². The molecule has 0 saturated carbocycles. The molecule has 5 heteroatoms. The van der Waals surface area contributed by atoms with Gasteiger partial charge in [0.2, 0.25) is 7.85 Å². The van der Waals surface area contributed by atoms with E-state index in [9.17, 15) is 9.59 Å². The highest BCUT2D eigenvalue weighted by atomic mass is 16.5. The molecule has 0 aliphatic rings. The number of hydrogen-bond acceptors (Lipinski definition) is 3. The van der Waals surface area contributed by atoms with Gasteiger partial charge in [-0.25, -0.2) is 4.79 Å². The molecular weight excluding hydrogens is 205 g/mol. The summed E-state index contributed by atoms with van der Waals surface area (Å²) in [6.45, 7) is 0. The fraction of sp³-hybridized carbons (Fsp3) is 0.273. The van der Waals surface area contributed by atoms with Gasteiger partial charge in [0, 0.05) is 6.42 Å². The first-order valence-electron chi connectivity index (χ1n) is 4.81. The first-order chi connectivity index (χ1) is 7.63. The smallest absolute Gasteiger partial charge is 0.328 e. The maximum absolute atomic E-state index is 11.4. The normalized spacial score (nSPS) is 11.6. The van der Waals surface area contributed by atoms with Crippen molar-refractivity contribution in [2.75, 3.05) is 7.11 Å². The molecule has 1 atom stereocenters. The lowest BCUT2D eigenvalue weighted by Crippen LogP contribution is -2.42. The Kier molecular flexibility index (Phi) is 4.57. The molecule has 82 valence electrons. The Balaban J connectivity index is 2.70. The Labute approximate surface area is 95.4 Å². The third kappa shape index (κ3) is 3.77. The van der Waals surface area contributed by atoms with Gasteiger partial charge in [-0.05, 0) is 5.56 Å². The summed E-state index contributed by atoms with van der Waals surface area (Å²) in [5, 5.41) is 2.34. The van der Waals surface area contributed by atoms with Gasteiger partial charge >= 0.3 is 5.97 Å². The van der Waals surface area contributed by atoms with Crippen molar-refractivity contribution in [3.63, 3.8) is 0 Å². The topological polar surface area (TPSA) is 55.4 Å². The number of rotatable bonds is 4. The van der Waals surface area contributed by atoms with Gasteiger partial charge in [-0.1, -0.05) is 30.3 Å². The monoisotopic (exact) mass is 217 g/mol. The Morgan fingerprint density at radius 3 is 2.50 bits per heavy atom. The third-order valence-electron chi connectivity index (χ3n) is 2.08. The number of amides is 1. The summed E-state index contributed by atoms with van der Waals surface area (Å²) < 4.78 is 4.58. The third-order valence-corrected chi connectivity index (χ3v) is 2.08. The maximum atomic E-state index is 11.4. The zero-order valence-corrected chi connectivity index (χ0v) is 8.97. The molecule has 0 aliphatic heterocycles. The fourth-order valence-corrected chi connectivity index (χ4v) is 1.36. The van der Waals surface area contributed by atoms with Crippen LogP contribution < -0.4 is 5.32 Å². The standard InChI is InChI=1S/C11H12BNO3/c1-16-10(14)9(13-11(12)15)7-8-5-3-2-4-6-8/h2-6,9H,7H2,1H3,(H,13,15). The minimum Gasteiger partial charge on any atom is -0.467 e. The summed E-state index contributed by atoms with van der Waals surface area (Å²) in [5.74, 6) is -1.26. The first-order valence-corrected chi connectivity index (χ1v) is 4.81. The molecule has 1 amide bonds. The van der Waals surface area contributed by atoms with E-state index in [1.807, 2.05) is 30.3 Å². The van der Waals surface area contributed by atoms with Crippen LogP contribution in [0.4, 0.5) is 4.79 Å². The molecule has 0 bridgehead atoms. The van der Waals surface area contributed by atoms with Gasteiger partial charge in [-0.3, -0.25) is 4.79 Å². The molecule has 1 aromatic rings. The van der Waals surface area contributed by atoms with Crippen molar-refractivity contribution in [1.29, 1.82) is 0 Å². The summed E-state index contributed by atoms with van der Waals surface area (Å²) in [4.78, 5) is 22.1. The summed E-state index contributed by atoms with van der Waals surface area (Å²) >= 11 is 0. The Morgan fingerprint density at radius 2 is 2.00 bits per heavy atom. The predicted octanol–water partition coefficient (Wildman–Crippen LogP) is 0.649. The molecule has 1 rings (SSSR count). The summed E-state index contributed by atoms with van der Waals surface area (Å²) in [5.41, 5.74) is 0.923. The molecule has 0 fully saturated rings. The second-order valence-corrected chi connectivity index (χ2v) is 3.27. The number of benzene rings is 1. The van der Waals surface area contributed by atoms with Crippen molar-refractivity contribution in [3.05, 3.63) is 35.9 Å². The van der Waals surface area contributed by atoms with E-state index in [2.05, 4.69) is 10.1 Å². The van der Waals surface area contributed by atoms with Gasteiger partial charge in [-0.15, -0.1) is 0 Å². The average Bonchev–Trinajstić information content (AvgIpc) is 2.28. The molecule has 0 saturated heterocycles. The highest BCUT2D eigenvalue weighted by Gasteiger charge is 2.19. The van der Waals surface area contributed by atoms with Gasteiger partial charge in [-0.2, -0.15) is 0 Å². The number of carbonyl (C=O) groups excluding carboxylic acids is 2. The Hall–Kier alpha value is -1.78. The zero-order chi connectivity index (χ0) is 12.0. The van der Waals surface area contributed by atoms with Crippen LogP contribution in [0.15, 0.2) is 30.3 Å². The van der Waals surface area contributed by atoms with Crippen molar-refractivity contribution >= 4 is 19.6 Å². The lowest BCUT2D eigenvalue weighted by molar-refractivity contribution is -0.142. The van der Waals surface area contributed by atoms with E-state index in [4.69, 9.17) is 7.85 Å². The van der Waals surface area contributed by atoms with Crippen LogP contribution in [0.2, 0.25) is 0 Å². The van der Waals surface area contributed by atoms with E-state index in [0.29, 0.717) is 6.42 Å². The quantitative estimate of drug-likeness (QED) is 0.595. The highest BCUT2D eigenvalue weighted by molar-refractivity contribution is 6.57. The zero-order valence-electron chi connectivity index (χ0n) is 8.97. The summed E-state index contributed by atoms with van der Waals surface area (Å²) in [7, 11) is 6.25. The van der Waals surface area contributed by atoms with Crippen LogP contribution >= 0.6 is 0 Å². The molecule has 2 radical (unpaired) electrons. The molecule has 1 N–H and O–H groups in total. The molecular formula is C11H12BNO3. The van der Waals surface area contributed by atoms with E-state index in [1.165, 1.54) is 7.11 Å².